The molecule has 0 saturated heterocycles. The Kier molecular flexibility index (Phi) is 3.31. The maximum absolute atomic E-state index is 3.06. The van der Waals surface area contributed by atoms with E-state index in [-0.39, 0.29) is 0 Å². The lowest BCUT2D eigenvalue weighted by atomic mass is 10.0. The minimum atomic E-state index is 0.871. The van der Waals surface area contributed by atoms with Crippen molar-refractivity contribution >= 4 is 11.8 Å². The van der Waals surface area contributed by atoms with E-state index in [1.807, 2.05) is 23.9 Å². The van der Waals surface area contributed by atoms with E-state index >= 15 is 0 Å². The summed E-state index contributed by atoms with van der Waals surface area (Å²) in [6.45, 7) is 0. The molecule has 0 spiro atoms. The van der Waals surface area contributed by atoms with Gasteiger partial charge in [-0.15, -0.1) is 11.8 Å². The minimum Gasteiger partial charge on any atom is -0.123 e. The molecule has 1 fully saturated rings. The molecule has 2 rings (SSSR count). The van der Waals surface area contributed by atoms with E-state index in [1.54, 1.807) is 0 Å². The number of benzene rings is 1. The monoisotopic (exact) mass is 191 g/mol. The molecule has 0 unspecified atom stereocenters. The lowest BCUT2D eigenvalue weighted by Crippen LogP contribution is -2.07. The van der Waals surface area contributed by atoms with Crippen molar-refractivity contribution in [1.29, 1.82) is 0 Å². The molecule has 1 saturated carbocycles. The maximum Gasteiger partial charge on any atom is 0.00944 e. The van der Waals surface area contributed by atoms with Crippen LogP contribution >= 0.6 is 11.8 Å². The molecule has 1 aromatic rings. The summed E-state index contributed by atoms with van der Waals surface area (Å²) in [5.41, 5.74) is 0. The Morgan fingerprint density at radius 1 is 1.08 bits per heavy atom. The van der Waals surface area contributed by atoms with Gasteiger partial charge in [0, 0.05) is 10.1 Å². The van der Waals surface area contributed by atoms with Crippen LogP contribution in [0.5, 0.6) is 0 Å². The normalized spacial score (nSPS) is 18.8. The van der Waals surface area contributed by atoms with Gasteiger partial charge in [-0.05, 0) is 31.0 Å². The predicted molar refractivity (Wildman–Crippen MR) is 58.0 cm³/mol. The highest BCUT2D eigenvalue weighted by molar-refractivity contribution is 8.00. The summed E-state index contributed by atoms with van der Waals surface area (Å²) in [6.07, 6.45) is 7.11. The fraction of sp³-hybridized carbons (Fsp3) is 0.500. The third kappa shape index (κ3) is 2.77. The summed E-state index contributed by atoms with van der Waals surface area (Å²) in [5.74, 6) is 0. The zero-order chi connectivity index (χ0) is 8.93. The average molecular weight is 191 g/mol. The van der Waals surface area contributed by atoms with Crippen LogP contribution in [0.15, 0.2) is 29.2 Å². The molecule has 0 atom stereocenters. The van der Waals surface area contributed by atoms with E-state index < -0.39 is 0 Å². The van der Waals surface area contributed by atoms with E-state index in [2.05, 4.69) is 18.2 Å². The van der Waals surface area contributed by atoms with Crippen LogP contribution in [0.4, 0.5) is 0 Å². The van der Waals surface area contributed by atoms with Crippen molar-refractivity contribution in [2.24, 2.45) is 0 Å². The van der Waals surface area contributed by atoms with Gasteiger partial charge in [0.05, 0.1) is 0 Å². The Bertz CT molecular complexity index is 237. The molecule has 0 aliphatic heterocycles. The van der Waals surface area contributed by atoms with Crippen molar-refractivity contribution in [1.82, 2.24) is 0 Å². The third-order valence-electron chi connectivity index (χ3n) is 2.54. The SMILES string of the molecule is [c]1ccc(SC2CCCCC2)cc1. The second kappa shape index (κ2) is 4.71. The van der Waals surface area contributed by atoms with Gasteiger partial charge in [-0.25, -0.2) is 0 Å². The highest BCUT2D eigenvalue weighted by Gasteiger charge is 2.13. The van der Waals surface area contributed by atoms with Crippen LogP contribution < -0.4 is 0 Å². The van der Waals surface area contributed by atoms with E-state index in [4.69, 9.17) is 0 Å². The standard InChI is InChI=1S/C12H15S/c1-3-7-11(8-4-1)13-12-9-5-2-6-10-12/h5-6,9-11H,1,3-4,7-8H2. The van der Waals surface area contributed by atoms with Crippen molar-refractivity contribution in [2.75, 3.05) is 0 Å². The number of rotatable bonds is 2. The Morgan fingerprint density at radius 3 is 2.46 bits per heavy atom. The van der Waals surface area contributed by atoms with Crippen molar-refractivity contribution in [3.8, 4) is 0 Å². The minimum absolute atomic E-state index is 0.871. The van der Waals surface area contributed by atoms with Crippen LogP contribution in [0.3, 0.4) is 0 Å². The molecule has 69 valence electrons. The lowest BCUT2D eigenvalue weighted by Gasteiger charge is -2.20. The first-order valence-electron chi connectivity index (χ1n) is 5.08. The molecule has 1 aliphatic rings. The third-order valence-corrected chi connectivity index (χ3v) is 3.89. The highest BCUT2D eigenvalue weighted by atomic mass is 32.2. The van der Waals surface area contributed by atoms with Crippen LogP contribution in [0, 0.1) is 6.07 Å². The highest BCUT2D eigenvalue weighted by Crippen LogP contribution is 2.33. The molecule has 0 aromatic heterocycles. The molecule has 1 radical (unpaired) electrons. The molecule has 0 bridgehead atoms. The van der Waals surface area contributed by atoms with Crippen LogP contribution in [0.2, 0.25) is 0 Å². The van der Waals surface area contributed by atoms with Crippen LogP contribution in [-0.4, -0.2) is 5.25 Å². The number of thioether (sulfide) groups is 1. The smallest absolute Gasteiger partial charge is 0.00944 e. The first-order valence-corrected chi connectivity index (χ1v) is 5.96. The molecule has 0 N–H and O–H groups in total. The van der Waals surface area contributed by atoms with E-state index in [9.17, 15) is 0 Å². The Hall–Kier alpha value is -0.430. The first-order chi connectivity index (χ1) is 6.45. The largest absolute Gasteiger partial charge is 0.123 e. The second-order valence-electron chi connectivity index (χ2n) is 3.61. The molecule has 0 nitrogen and oxygen atoms in total. The number of hydrogen-bond donors (Lipinski definition) is 0. The summed E-state index contributed by atoms with van der Waals surface area (Å²) in [7, 11) is 0. The maximum atomic E-state index is 3.06. The molecular formula is C12H15S. The Labute approximate surface area is 84.7 Å². The van der Waals surface area contributed by atoms with Crippen molar-refractivity contribution < 1.29 is 0 Å². The molecular weight excluding hydrogens is 176 g/mol. The molecule has 1 aliphatic carbocycles. The van der Waals surface area contributed by atoms with E-state index in [0.29, 0.717) is 0 Å². The first kappa shape index (κ1) is 9.14. The topological polar surface area (TPSA) is 0 Å². The number of hydrogen-bond acceptors (Lipinski definition) is 1. The Morgan fingerprint density at radius 2 is 1.77 bits per heavy atom. The average Bonchev–Trinajstić information content (AvgIpc) is 2.21. The van der Waals surface area contributed by atoms with Gasteiger partial charge in [0.15, 0.2) is 0 Å². The van der Waals surface area contributed by atoms with Crippen molar-refractivity contribution in [2.45, 2.75) is 42.2 Å². The van der Waals surface area contributed by atoms with Crippen LogP contribution in [0.1, 0.15) is 32.1 Å². The van der Waals surface area contributed by atoms with Gasteiger partial charge in [-0.1, -0.05) is 31.4 Å². The van der Waals surface area contributed by atoms with Crippen LogP contribution in [-0.2, 0) is 0 Å². The van der Waals surface area contributed by atoms with E-state index in [0.717, 1.165) is 5.25 Å². The quantitative estimate of drug-likeness (QED) is 0.683. The van der Waals surface area contributed by atoms with Gasteiger partial charge < -0.3 is 0 Å². The molecule has 1 heteroatoms. The van der Waals surface area contributed by atoms with Gasteiger partial charge in [0.25, 0.3) is 0 Å². The molecule has 13 heavy (non-hydrogen) atoms. The summed E-state index contributed by atoms with van der Waals surface area (Å²) in [6, 6.07) is 11.4. The summed E-state index contributed by atoms with van der Waals surface area (Å²) in [5, 5.41) is 0.871. The van der Waals surface area contributed by atoms with E-state index in [1.165, 1.54) is 37.0 Å². The summed E-state index contributed by atoms with van der Waals surface area (Å²) in [4.78, 5) is 1.41. The zero-order valence-corrected chi connectivity index (χ0v) is 8.65. The molecule has 1 aromatic carbocycles. The fourth-order valence-electron chi connectivity index (χ4n) is 1.83. The summed E-state index contributed by atoms with van der Waals surface area (Å²) < 4.78 is 0. The summed E-state index contributed by atoms with van der Waals surface area (Å²) >= 11 is 2.04. The lowest BCUT2D eigenvalue weighted by molar-refractivity contribution is 0.516. The van der Waals surface area contributed by atoms with Gasteiger partial charge >= 0.3 is 0 Å². The Balaban J connectivity index is 1.90. The van der Waals surface area contributed by atoms with Gasteiger partial charge in [0.2, 0.25) is 0 Å². The second-order valence-corrected chi connectivity index (χ2v) is 4.99. The predicted octanol–water partition coefficient (Wildman–Crippen LogP) is 3.91. The van der Waals surface area contributed by atoms with Crippen molar-refractivity contribution in [3.63, 3.8) is 0 Å². The van der Waals surface area contributed by atoms with Gasteiger partial charge in [0.1, 0.15) is 0 Å². The molecule has 0 heterocycles. The fourth-order valence-corrected chi connectivity index (χ4v) is 3.07. The van der Waals surface area contributed by atoms with Gasteiger partial charge in [-0.2, -0.15) is 0 Å². The van der Waals surface area contributed by atoms with Crippen LogP contribution in [0.25, 0.3) is 0 Å². The molecule has 0 amide bonds. The van der Waals surface area contributed by atoms with Crippen molar-refractivity contribution in [3.05, 3.63) is 30.3 Å². The zero-order valence-electron chi connectivity index (χ0n) is 7.83. The van der Waals surface area contributed by atoms with Gasteiger partial charge in [-0.3, -0.25) is 0 Å².